The highest BCUT2D eigenvalue weighted by Crippen LogP contribution is 2.40. The van der Waals surface area contributed by atoms with Crippen LogP contribution in [0.2, 0.25) is 0 Å². The topological polar surface area (TPSA) is 136 Å². The third-order valence-corrected chi connectivity index (χ3v) is 7.14. The molecule has 3 unspecified atom stereocenters. The molecule has 0 aliphatic carbocycles. The Balaban J connectivity index is 3.29. The van der Waals surface area contributed by atoms with Crippen LogP contribution >= 0.6 is 15.9 Å². The van der Waals surface area contributed by atoms with Gasteiger partial charge in [0.25, 0.3) is 7.52 Å². The lowest BCUT2D eigenvalue weighted by molar-refractivity contribution is -0.0242. The summed E-state index contributed by atoms with van der Waals surface area (Å²) in [6, 6.07) is 0. The van der Waals surface area contributed by atoms with Crippen LogP contribution < -0.4 is 5.09 Å². The molecule has 30 heavy (non-hydrogen) atoms. The van der Waals surface area contributed by atoms with Gasteiger partial charge in [0, 0.05) is 24.5 Å². The van der Waals surface area contributed by atoms with Crippen molar-refractivity contribution in [2.45, 2.75) is 51.5 Å². The van der Waals surface area contributed by atoms with Crippen LogP contribution in [0.5, 0.6) is 0 Å². The van der Waals surface area contributed by atoms with Crippen LogP contribution in [-0.2, 0) is 28.0 Å². The summed E-state index contributed by atoms with van der Waals surface area (Å²) in [5, 5.41) is 12.3. The molecule has 0 amide bonds. The summed E-state index contributed by atoms with van der Waals surface area (Å²) < 4.78 is 38.2. The van der Waals surface area contributed by atoms with E-state index in [4.69, 9.17) is 23.5 Å². The molecule has 3 atom stereocenters. The summed E-state index contributed by atoms with van der Waals surface area (Å²) in [5.41, 5.74) is -0.257. The van der Waals surface area contributed by atoms with Gasteiger partial charge in [-0.25, -0.2) is 5.09 Å². The Morgan fingerprint density at radius 1 is 0.867 bits per heavy atom. The van der Waals surface area contributed by atoms with Crippen LogP contribution in [0.15, 0.2) is 0 Å². The molecule has 0 heterocycles. The molecule has 0 aliphatic heterocycles. The summed E-state index contributed by atoms with van der Waals surface area (Å²) in [5.74, 6) is 0. The number of hydrogen-bond acceptors (Lipinski definition) is 8. The van der Waals surface area contributed by atoms with Gasteiger partial charge in [-0.05, 0) is 6.42 Å². The molecule has 12 heteroatoms. The maximum absolute atomic E-state index is 11.7. The zero-order valence-corrected chi connectivity index (χ0v) is 20.5. The van der Waals surface area contributed by atoms with Gasteiger partial charge in [0.1, 0.15) is 6.10 Å². The van der Waals surface area contributed by atoms with Gasteiger partial charge in [0.2, 0.25) is 0 Å². The number of aliphatic hydroxyl groups is 1. The van der Waals surface area contributed by atoms with Gasteiger partial charge in [-0.1, -0.05) is 27.7 Å². The van der Waals surface area contributed by atoms with Crippen molar-refractivity contribution in [3.63, 3.8) is 0 Å². The van der Waals surface area contributed by atoms with Crippen LogP contribution in [0, 0.1) is 0 Å². The van der Waals surface area contributed by atoms with Crippen molar-refractivity contribution in [3.8, 4) is 0 Å². The molecule has 0 spiro atoms. The van der Waals surface area contributed by atoms with Gasteiger partial charge in [0.05, 0.1) is 52.9 Å². The van der Waals surface area contributed by atoms with E-state index in [1.54, 1.807) is 13.8 Å². The van der Waals surface area contributed by atoms with Gasteiger partial charge in [-0.3, -0.25) is 4.57 Å². The normalized spacial score (nSPS) is 16.2. The Kier molecular flexibility index (Phi) is 19.0. The van der Waals surface area contributed by atoms with Crippen molar-refractivity contribution < 1.29 is 42.9 Å². The van der Waals surface area contributed by atoms with Crippen LogP contribution in [0.3, 0.4) is 0 Å². The van der Waals surface area contributed by atoms with Gasteiger partial charge in [-0.2, -0.15) is 0 Å². The smallest absolute Gasteiger partial charge is 0.269 e. The average molecular weight is 477 g/mol. The van der Waals surface area contributed by atoms with E-state index in [1.165, 1.54) is 0 Å². The molecule has 0 rings (SSSR count). The Labute approximate surface area is 182 Å². The minimum atomic E-state index is -3.24. The number of hydrogen-bond donors (Lipinski definition) is 4. The zero-order chi connectivity index (χ0) is 22.8. The molecular formula is C18H41NO9P2. The van der Waals surface area contributed by atoms with E-state index in [-0.39, 0.29) is 24.5 Å². The molecule has 0 saturated heterocycles. The number of aliphatic hydroxyl groups excluding tert-OH is 1. The summed E-state index contributed by atoms with van der Waals surface area (Å²) >= 11 is 0. The lowest BCUT2D eigenvalue weighted by atomic mass is 10.4. The molecule has 0 bridgehead atoms. The monoisotopic (exact) mass is 477 g/mol. The standard InChI is InChI=1S/C18H41NO9P2/c1-16(2)29(21)28-15-18(20)14-27-13-12-26-11-10-25-9-8-24-7-5-6-19-30(22,23)17(3)4/h16-18,20-21H,5-15H2,1-4H3,(H2,19,22,23). The molecule has 0 aromatic rings. The van der Waals surface area contributed by atoms with E-state index in [2.05, 4.69) is 5.09 Å². The molecule has 0 aliphatic rings. The van der Waals surface area contributed by atoms with Gasteiger partial charge < -0.3 is 38.4 Å². The first kappa shape index (κ1) is 30.3. The first-order valence-electron chi connectivity index (χ1n) is 10.3. The molecule has 0 radical (unpaired) electrons. The van der Waals surface area contributed by atoms with E-state index in [0.717, 1.165) is 0 Å². The highest BCUT2D eigenvalue weighted by atomic mass is 31.2. The Morgan fingerprint density at radius 2 is 1.37 bits per heavy atom. The van der Waals surface area contributed by atoms with Gasteiger partial charge in [0.15, 0.2) is 8.38 Å². The van der Waals surface area contributed by atoms with E-state index < -0.39 is 22.0 Å². The fourth-order valence-electron chi connectivity index (χ4n) is 1.83. The Morgan fingerprint density at radius 3 is 1.87 bits per heavy atom. The predicted octanol–water partition coefficient (Wildman–Crippen LogP) is 1.72. The van der Waals surface area contributed by atoms with Gasteiger partial charge in [-0.15, -0.1) is 0 Å². The van der Waals surface area contributed by atoms with Crippen LogP contribution in [-0.4, -0.2) is 98.3 Å². The quantitative estimate of drug-likeness (QED) is 0.143. The number of nitrogens with one attached hydrogen (secondary N) is 1. The van der Waals surface area contributed by atoms with Crippen molar-refractivity contribution in [1.82, 2.24) is 5.09 Å². The summed E-state index contributed by atoms with van der Waals surface area (Å²) in [4.78, 5) is 19.1. The molecule has 10 nitrogen and oxygen atoms in total. The first-order valence-corrected chi connectivity index (χ1v) is 13.4. The predicted molar refractivity (Wildman–Crippen MR) is 117 cm³/mol. The van der Waals surface area contributed by atoms with E-state index >= 15 is 0 Å². The fourth-order valence-corrected chi connectivity index (χ4v) is 3.30. The number of rotatable bonds is 21. The highest BCUT2D eigenvalue weighted by Gasteiger charge is 2.21. The van der Waals surface area contributed by atoms with E-state index in [9.17, 15) is 19.5 Å². The minimum absolute atomic E-state index is 0.0378. The van der Waals surface area contributed by atoms with Crippen molar-refractivity contribution in [2.75, 3.05) is 66.0 Å². The van der Waals surface area contributed by atoms with Crippen molar-refractivity contribution >= 4 is 15.9 Å². The third-order valence-electron chi connectivity index (χ3n) is 3.77. The van der Waals surface area contributed by atoms with Crippen molar-refractivity contribution in [3.05, 3.63) is 0 Å². The first-order chi connectivity index (χ1) is 14.2. The molecule has 0 aromatic heterocycles. The van der Waals surface area contributed by atoms with E-state index in [0.29, 0.717) is 59.2 Å². The summed E-state index contributed by atoms with van der Waals surface area (Å²) in [6.45, 7) is 10.8. The second-order valence-corrected chi connectivity index (χ2v) is 11.7. The Bertz CT molecular complexity index is 444. The van der Waals surface area contributed by atoms with Crippen LogP contribution in [0.4, 0.5) is 0 Å². The Hall–Kier alpha value is 0.300. The third kappa shape index (κ3) is 17.9. The molecule has 182 valence electrons. The fraction of sp³-hybridized carbons (Fsp3) is 1.00. The summed E-state index contributed by atoms with van der Waals surface area (Å²) in [7, 11) is -4.75. The van der Waals surface area contributed by atoms with Crippen molar-refractivity contribution in [2.24, 2.45) is 0 Å². The molecule has 0 saturated carbocycles. The highest BCUT2D eigenvalue weighted by molar-refractivity contribution is 7.56. The summed E-state index contributed by atoms with van der Waals surface area (Å²) in [6.07, 6.45) is -0.121. The molecule has 4 N–H and O–H groups in total. The molecule has 0 fully saturated rings. The SMILES string of the molecule is CC(C)P(O)OCC(O)COCCOCCOCCOCCCNP(=O)(O)C(C)C. The second kappa shape index (κ2) is 18.8. The zero-order valence-electron chi connectivity index (χ0n) is 18.7. The second-order valence-electron chi connectivity index (χ2n) is 7.24. The maximum Gasteiger partial charge on any atom is 0.269 e. The minimum Gasteiger partial charge on any atom is -0.388 e. The lowest BCUT2D eigenvalue weighted by Gasteiger charge is -2.17. The number of ether oxygens (including phenoxy) is 4. The van der Waals surface area contributed by atoms with Crippen LogP contribution in [0.25, 0.3) is 0 Å². The molecule has 0 aromatic carbocycles. The van der Waals surface area contributed by atoms with Gasteiger partial charge >= 0.3 is 0 Å². The maximum atomic E-state index is 11.7. The van der Waals surface area contributed by atoms with Crippen LogP contribution in [0.1, 0.15) is 34.1 Å². The average Bonchev–Trinajstić information content (AvgIpc) is 2.68. The largest absolute Gasteiger partial charge is 0.388 e. The lowest BCUT2D eigenvalue weighted by Crippen LogP contribution is -2.22. The van der Waals surface area contributed by atoms with Crippen molar-refractivity contribution in [1.29, 1.82) is 0 Å². The molecular weight excluding hydrogens is 436 g/mol. The van der Waals surface area contributed by atoms with E-state index in [1.807, 2.05) is 13.8 Å².